The lowest BCUT2D eigenvalue weighted by molar-refractivity contribution is -0.128. The third kappa shape index (κ3) is 2.72. The highest BCUT2D eigenvalue weighted by Crippen LogP contribution is 2.40. The van der Waals surface area contributed by atoms with Crippen LogP contribution in [0.5, 0.6) is 0 Å². The van der Waals surface area contributed by atoms with E-state index in [0.717, 1.165) is 38.2 Å². The number of hydrogen-bond acceptors (Lipinski definition) is 4. The molecular weight excluding hydrogens is 306 g/mol. The number of hydrazone groups is 1. The number of amides is 2. The van der Waals surface area contributed by atoms with Crippen molar-refractivity contribution < 1.29 is 9.59 Å². The van der Waals surface area contributed by atoms with E-state index in [9.17, 15) is 9.59 Å². The van der Waals surface area contributed by atoms with Gasteiger partial charge in [0.05, 0.1) is 6.04 Å². The molecular formula is C17H23N5O2. The Kier molecular flexibility index (Phi) is 4.08. The average molecular weight is 329 g/mol. The zero-order valence-corrected chi connectivity index (χ0v) is 13.8. The van der Waals surface area contributed by atoms with E-state index in [2.05, 4.69) is 20.1 Å². The predicted octanol–water partition coefficient (Wildman–Crippen LogP) is 1.61. The number of aromatic nitrogens is 2. The number of carbonyl (C=O) groups excluding carboxylic acids is 2. The van der Waals surface area contributed by atoms with Gasteiger partial charge in [0.1, 0.15) is 11.5 Å². The Balaban J connectivity index is 1.66. The molecule has 0 radical (unpaired) electrons. The fourth-order valence-electron chi connectivity index (χ4n) is 4.23. The average Bonchev–Trinajstić information content (AvgIpc) is 3.24. The van der Waals surface area contributed by atoms with Crippen LogP contribution in [0.25, 0.3) is 0 Å². The molecule has 1 N–H and O–H groups in total. The van der Waals surface area contributed by atoms with Crippen LogP contribution in [0.15, 0.2) is 17.5 Å². The number of fused-ring (bicyclic) bond motifs is 1. The van der Waals surface area contributed by atoms with Crippen LogP contribution >= 0.6 is 0 Å². The maximum atomic E-state index is 13.1. The highest BCUT2D eigenvalue weighted by atomic mass is 16.2. The Bertz CT molecular complexity index is 674. The first-order valence-corrected chi connectivity index (χ1v) is 8.91. The lowest BCUT2D eigenvalue weighted by Crippen LogP contribution is -2.44. The fraction of sp³-hybridized carbons (Fsp3) is 0.647. The molecule has 1 aromatic rings. The van der Waals surface area contributed by atoms with E-state index in [4.69, 9.17) is 0 Å². The molecule has 3 heterocycles. The van der Waals surface area contributed by atoms with E-state index in [1.165, 1.54) is 12.8 Å². The van der Waals surface area contributed by atoms with Gasteiger partial charge in [-0.25, -0.2) is 10.4 Å². The van der Waals surface area contributed by atoms with Crippen LogP contribution < -0.4 is 5.43 Å². The molecule has 7 heteroatoms. The number of aryl methyl sites for hydroxylation is 1. The largest absolute Gasteiger partial charge is 0.333 e. The summed E-state index contributed by atoms with van der Waals surface area (Å²) in [5.74, 6) is 1.31. The summed E-state index contributed by atoms with van der Waals surface area (Å²) in [4.78, 5) is 31.0. The summed E-state index contributed by atoms with van der Waals surface area (Å²) < 4.78 is 2.20. The second-order valence-electron chi connectivity index (χ2n) is 6.91. The predicted molar refractivity (Wildman–Crippen MR) is 88.1 cm³/mol. The molecule has 2 aliphatic heterocycles. The lowest BCUT2D eigenvalue weighted by atomic mass is 9.95. The third-order valence-electron chi connectivity index (χ3n) is 5.40. The number of hydrogen-bond donors (Lipinski definition) is 1. The van der Waals surface area contributed by atoms with Gasteiger partial charge in [-0.3, -0.25) is 9.59 Å². The van der Waals surface area contributed by atoms with Crippen LogP contribution in [0.3, 0.4) is 0 Å². The second-order valence-corrected chi connectivity index (χ2v) is 6.91. The summed E-state index contributed by atoms with van der Waals surface area (Å²) in [6.45, 7) is 1.61. The van der Waals surface area contributed by atoms with Gasteiger partial charge in [-0.2, -0.15) is 5.10 Å². The van der Waals surface area contributed by atoms with Crippen LogP contribution in [0.2, 0.25) is 0 Å². The highest BCUT2D eigenvalue weighted by molar-refractivity contribution is 6.39. The Morgan fingerprint density at radius 2 is 2.00 bits per heavy atom. The molecule has 128 valence electrons. The quantitative estimate of drug-likeness (QED) is 0.895. The van der Waals surface area contributed by atoms with E-state index in [1.54, 1.807) is 0 Å². The minimum Gasteiger partial charge on any atom is -0.333 e. The summed E-state index contributed by atoms with van der Waals surface area (Å²) in [6, 6.07) is 0.0258. The van der Waals surface area contributed by atoms with E-state index < -0.39 is 0 Å². The van der Waals surface area contributed by atoms with Gasteiger partial charge in [-0.15, -0.1) is 0 Å². The molecule has 2 amide bonds. The van der Waals surface area contributed by atoms with Crippen molar-refractivity contribution in [2.75, 3.05) is 6.54 Å². The van der Waals surface area contributed by atoms with Crippen molar-refractivity contribution in [3.63, 3.8) is 0 Å². The van der Waals surface area contributed by atoms with Crippen LogP contribution in [0.4, 0.5) is 0 Å². The number of carbonyl (C=O) groups is 2. The topological polar surface area (TPSA) is 79.6 Å². The summed E-state index contributed by atoms with van der Waals surface area (Å²) in [6.07, 6.45) is 10.3. The van der Waals surface area contributed by atoms with Gasteiger partial charge in [-0.1, -0.05) is 12.8 Å². The lowest BCUT2D eigenvalue weighted by Gasteiger charge is -2.34. The van der Waals surface area contributed by atoms with Crippen molar-refractivity contribution in [3.05, 3.63) is 18.2 Å². The van der Waals surface area contributed by atoms with Crippen molar-refractivity contribution in [1.82, 2.24) is 19.9 Å². The van der Waals surface area contributed by atoms with Crippen LogP contribution in [0.1, 0.15) is 56.8 Å². The minimum absolute atomic E-state index is 0.0258. The minimum atomic E-state index is -0.120. The van der Waals surface area contributed by atoms with Crippen molar-refractivity contribution >= 4 is 17.5 Å². The normalized spacial score (nSPS) is 25.0. The van der Waals surface area contributed by atoms with Crippen molar-refractivity contribution in [3.8, 4) is 0 Å². The first kappa shape index (κ1) is 15.4. The molecule has 0 saturated heterocycles. The van der Waals surface area contributed by atoms with Crippen molar-refractivity contribution in [2.24, 2.45) is 11.0 Å². The molecule has 0 spiro atoms. The first-order valence-electron chi connectivity index (χ1n) is 8.91. The molecule has 1 unspecified atom stereocenters. The molecule has 3 aliphatic rings. The molecule has 1 atom stereocenters. The zero-order chi connectivity index (χ0) is 16.5. The molecule has 24 heavy (non-hydrogen) atoms. The third-order valence-corrected chi connectivity index (χ3v) is 5.40. The van der Waals surface area contributed by atoms with E-state index in [0.29, 0.717) is 24.5 Å². The van der Waals surface area contributed by atoms with Crippen LogP contribution in [0, 0.1) is 5.92 Å². The SMILES string of the molecule is O=C1CCC(C(=O)N2CCCn3ccnc3C2C2CCCC2)=NN1. The molecule has 1 saturated carbocycles. The fourth-order valence-corrected chi connectivity index (χ4v) is 4.23. The molecule has 1 aliphatic carbocycles. The molecule has 4 rings (SSSR count). The number of nitrogens with zero attached hydrogens (tertiary/aromatic N) is 4. The summed E-state index contributed by atoms with van der Waals surface area (Å²) in [5, 5.41) is 4.02. The standard InChI is InChI=1S/C17H23N5O2/c23-14-7-6-13(19-20-14)17(24)22-10-3-9-21-11-8-18-16(21)15(22)12-4-1-2-5-12/h8,11-12,15H,1-7,9-10H2,(H,20,23). The first-order chi connectivity index (χ1) is 11.7. The Morgan fingerprint density at radius 3 is 2.75 bits per heavy atom. The van der Waals surface area contributed by atoms with Crippen LogP contribution in [-0.4, -0.2) is 38.5 Å². The van der Waals surface area contributed by atoms with E-state index in [-0.39, 0.29) is 17.9 Å². The smallest absolute Gasteiger partial charge is 0.270 e. The zero-order valence-electron chi connectivity index (χ0n) is 13.8. The summed E-state index contributed by atoms with van der Waals surface area (Å²) in [7, 11) is 0. The van der Waals surface area contributed by atoms with Crippen molar-refractivity contribution in [1.29, 1.82) is 0 Å². The molecule has 0 aromatic carbocycles. The molecule has 1 fully saturated rings. The van der Waals surface area contributed by atoms with E-state index in [1.807, 2.05) is 17.3 Å². The highest BCUT2D eigenvalue weighted by Gasteiger charge is 2.39. The van der Waals surface area contributed by atoms with Gasteiger partial charge in [0.2, 0.25) is 5.91 Å². The van der Waals surface area contributed by atoms with Gasteiger partial charge in [0.25, 0.3) is 5.91 Å². The maximum Gasteiger partial charge on any atom is 0.270 e. The van der Waals surface area contributed by atoms with Crippen molar-refractivity contribution in [2.45, 2.75) is 57.5 Å². The number of rotatable bonds is 2. The summed E-state index contributed by atoms with van der Waals surface area (Å²) in [5.41, 5.74) is 2.92. The van der Waals surface area contributed by atoms with Gasteiger partial charge >= 0.3 is 0 Å². The van der Waals surface area contributed by atoms with E-state index >= 15 is 0 Å². The monoisotopic (exact) mass is 329 g/mol. The van der Waals surface area contributed by atoms with Gasteiger partial charge in [0, 0.05) is 38.3 Å². The number of nitrogens with one attached hydrogen (secondary N) is 1. The Morgan fingerprint density at radius 1 is 1.17 bits per heavy atom. The Hall–Kier alpha value is -2.18. The molecule has 1 aromatic heterocycles. The van der Waals surface area contributed by atoms with Gasteiger partial charge in [-0.05, 0) is 25.2 Å². The van der Waals surface area contributed by atoms with Crippen LogP contribution in [-0.2, 0) is 16.1 Å². The molecule has 0 bridgehead atoms. The maximum absolute atomic E-state index is 13.1. The molecule has 7 nitrogen and oxygen atoms in total. The van der Waals surface area contributed by atoms with Gasteiger partial charge < -0.3 is 9.47 Å². The second kappa shape index (κ2) is 6.37. The summed E-state index contributed by atoms with van der Waals surface area (Å²) >= 11 is 0. The Labute approximate surface area is 141 Å². The number of imidazole rings is 1. The van der Waals surface area contributed by atoms with Gasteiger partial charge in [0.15, 0.2) is 0 Å².